The summed E-state index contributed by atoms with van der Waals surface area (Å²) in [6, 6.07) is 5.86. The summed E-state index contributed by atoms with van der Waals surface area (Å²) in [6.07, 6.45) is 3.11. The molecule has 1 unspecified atom stereocenters. The van der Waals surface area contributed by atoms with Crippen LogP contribution in [-0.4, -0.2) is 39.9 Å². The van der Waals surface area contributed by atoms with E-state index in [4.69, 9.17) is 0 Å². The molecule has 0 bridgehead atoms. The number of pyridine rings is 1. The standard InChI is InChI=1S/C15H22N2OS/c1-12(2)14-11-17(9-10-19-14)15(18)7-6-13-5-3-4-8-16-13/h3-5,8,12,14H,6-7,9-11H2,1-2H3. The minimum absolute atomic E-state index is 0.275. The van der Waals surface area contributed by atoms with Crippen LogP contribution in [0.1, 0.15) is 26.0 Å². The first-order chi connectivity index (χ1) is 9.16. The number of rotatable bonds is 4. The number of aryl methyl sites for hydroxylation is 1. The van der Waals surface area contributed by atoms with Gasteiger partial charge in [0.25, 0.3) is 0 Å². The second-order valence-corrected chi connectivity index (χ2v) is 6.66. The zero-order valence-electron chi connectivity index (χ0n) is 11.7. The molecule has 1 aliphatic heterocycles. The van der Waals surface area contributed by atoms with Gasteiger partial charge >= 0.3 is 0 Å². The van der Waals surface area contributed by atoms with Gasteiger partial charge in [0, 0.05) is 42.4 Å². The SMILES string of the molecule is CC(C)C1CN(C(=O)CCc2ccccn2)CCS1. The second kappa shape index (κ2) is 6.94. The smallest absolute Gasteiger partial charge is 0.223 e. The van der Waals surface area contributed by atoms with Crippen LogP contribution in [0, 0.1) is 5.92 Å². The Morgan fingerprint density at radius 3 is 3.05 bits per heavy atom. The van der Waals surface area contributed by atoms with Crippen LogP contribution in [0.15, 0.2) is 24.4 Å². The zero-order chi connectivity index (χ0) is 13.7. The van der Waals surface area contributed by atoms with Gasteiger partial charge < -0.3 is 4.90 Å². The summed E-state index contributed by atoms with van der Waals surface area (Å²) >= 11 is 2.00. The largest absolute Gasteiger partial charge is 0.341 e. The van der Waals surface area contributed by atoms with Crippen LogP contribution < -0.4 is 0 Å². The molecule has 2 rings (SSSR count). The Balaban J connectivity index is 1.83. The fraction of sp³-hybridized carbons (Fsp3) is 0.600. The normalized spacial score (nSPS) is 19.7. The number of thioether (sulfide) groups is 1. The molecule has 1 aromatic heterocycles. The average molecular weight is 278 g/mol. The van der Waals surface area contributed by atoms with E-state index in [1.54, 1.807) is 6.20 Å². The van der Waals surface area contributed by atoms with Crippen LogP contribution in [0.3, 0.4) is 0 Å². The fourth-order valence-electron chi connectivity index (χ4n) is 2.24. The molecule has 1 aliphatic rings. The van der Waals surface area contributed by atoms with E-state index in [0.717, 1.165) is 31.0 Å². The summed E-state index contributed by atoms with van der Waals surface area (Å²) in [5, 5.41) is 0.590. The fourth-order valence-corrected chi connectivity index (χ4v) is 3.54. The van der Waals surface area contributed by atoms with Crippen molar-refractivity contribution >= 4 is 17.7 Å². The van der Waals surface area contributed by atoms with E-state index in [9.17, 15) is 4.79 Å². The molecule has 0 saturated carbocycles. The molecule has 0 aliphatic carbocycles. The predicted octanol–water partition coefficient (Wildman–Crippen LogP) is 2.61. The van der Waals surface area contributed by atoms with Crippen LogP contribution >= 0.6 is 11.8 Å². The maximum Gasteiger partial charge on any atom is 0.223 e. The molecule has 0 aromatic carbocycles. The number of amides is 1. The first kappa shape index (κ1) is 14.4. The van der Waals surface area contributed by atoms with Gasteiger partial charge in [0.1, 0.15) is 0 Å². The number of aromatic nitrogens is 1. The van der Waals surface area contributed by atoms with Crippen molar-refractivity contribution in [2.45, 2.75) is 31.9 Å². The lowest BCUT2D eigenvalue weighted by Gasteiger charge is -2.34. The first-order valence-corrected chi connectivity index (χ1v) is 8.01. The van der Waals surface area contributed by atoms with Gasteiger partial charge in [-0.25, -0.2) is 0 Å². The molecule has 2 heterocycles. The topological polar surface area (TPSA) is 33.2 Å². The summed E-state index contributed by atoms with van der Waals surface area (Å²) in [4.78, 5) is 18.5. The Kier molecular flexibility index (Phi) is 5.25. The molecule has 1 atom stereocenters. The minimum atomic E-state index is 0.275. The van der Waals surface area contributed by atoms with Crippen molar-refractivity contribution in [3.63, 3.8) is 0 Å². The van der Waals surface area contributed by atoms with Gasteiger partial charge in [-0.15, -0.1) is 0 Å². The molecule has 1 saturated heterocycles. The maximum atomic E-state index is 12.2. The van der Waals surface area contributed by atoms with Crippen molar-refractivity contribution in [3.8, 4) is 0 Å². The summed E-state index contributed by atoms with van der Waals surface area (Å²) in [5.41, 5.74) is 1.00. The van der Waals surface area contributed by atoms with Crippen LogP contribution in [-0.2, 0) is 11.2 Å². The molecule has 1 amide bonds. The summed E-state index contributed by atoms with van der Waals surface area (Å²) in [7, 11) is 0. The molecule has 0 spiro atoms. The Morgan fingerprint density at radius 1 is 1.53 bits per heavy atom. The lowest BCUT2D eigenvalue weighted by atomic mass is 10.1. The number of nitrogens with zero attached hydrogens (tertiary/aromatic N) is 2. The summed E-state index contributed by atoms with van der Waals surface area (Å²) in [5.74, 6) is 1.98. The van der Waals surface area contributed by atoms with Crippen molar-refractivity contribution < 1.29 is 4.79 Å². The lowest BCUT2D eigenvalue weighted by molar-refractivity contribution is -0.131. The third kappa shape index (κ3) is 4.23. The Labute approximate surface area is 119 Å². The minimum Gasteiger partial charge on any atom is -0.341 e. The summed E-state index contributed by atoms with van der Waals surface area (Å²) in [6.45, 7) is 6.28. The van der Waals surface area contributed by atoms with E-state index in [1.165, 1.54) is 0 Å². The van der Waals surface area contributed by atoms with Gasteiger partial charge in [-0.2, -0.15) is 11.8 Å². The predicted molar refractivity (Wildman–Crippen MR) is 80.2 cm³/mol. The average Bonchev–Trinajstić information content (AvgIpc) is 2.46. The molecule has 3 nitrogen and oxygen atoms in total. The lowest BCUT2D eigenvalue weighted by Crippen LogP contribution is -2.43. The van der Waals surface area contributed by atoms with Crippen LogP contribution in [0.25, 0.3) is 0 Å². The second-order valence-electron chi connectivity index (χ2n) is 5.31. The van der Waals surface area contributed by atoms with Gasteiger partial charge in [-0.1, -0.05) is 19.9 Å². The van der Waals surface area contributed by atoms with E-state index < -0.39 is 0 Å². The first-order valence-electron chi connectivity index (χ1n) is 6.96. The molecule has 1 aromatic rings. The highest BCUT2D eigenvalue weighted by atomic mass is 32.2. The van der Waals surface area contributed by atoms with E-state index in [0.29, 0.717) is 17.6 Å². The Hall–Kier alpha value is -1.03. The van der Waals surface area contributed by atoms with Crippen molar-refractivity contribution in [1.82, 2.24) is 9.88 Å². The highest BCUT2D eigenvalue weighted by Crippen LogP contribution is 2.25. The van der Waals surface area contributed by atoms with E-state index in [1.807, 2.05) is 34.9 Å². The molecule has 19 heavy (non-hydrogen) atoms. The summed E-state index contributed by atoms with van der Waals surface area (Å²) < 4.78 is 0. The monoisotopic (exact) mass is 278 g/mol. The highest BCUT2D eigenvalue weighted by molar-refractivity contribution is 8.00. The van der Waals surface area contributed by atoms with Gasteiger partial charge in [-0.3, -0.25) is 9.78 Å². The quantitative estimate of drug-likeness (QED) is 0.849. The third-order valence-corrected chi connectivity index (χ3v) is 5.05. The number of carbonyl (C=O) groups is 1. The Morgan fingerprint density at radius 2 is 2.37 bits per heavy atom. The molecule has 1 fully saturated rings. The number of hydrogen-bond donors (Lipinski definition) is 0. The third-order valence-electron chi connectivity index (χ3n) is 3.51. The van der Waals surface area contributed by atoms with Crippen LogP contribution in [0.2, 0.25) is 0 Å². The van der Waals surface area contributed by atoms with Crippen molar-refractivity contribution in [2.75, 3.05) is 18.8 Å². The molecule has 0 radical (unpaired) electrons. The molecular formula is C15H22N2OS. The van der Waals surface area contributed by atoms with Gasteiger partial charge in [0.15, 0.2) is 0 Å². The molecule has 0 N–H and O–H groups in total. The van der Waals surface area contributed by atoms with Crippen molar-refractivity contribution in [1.29, 1.82) is 0 Å². The van der Waals surface area contributed by atoms with Crippen LogP contribution in [0.4, 0.5) is 0 Å². The zero-order valence-corrected chi connectivity index (χ0v) is 12.5. The number of carbonyl (C=O) groups excluding carboxylic acids is 1. The van der Waals surface area contributed by atoms with Gasteiger partial charge in [-0.05, 0) is 24.5 Å². The van der Waals surface area contributed by atoms with Gasteiger partial charge in [0.2, 0.25) is 5.91 Å². The Bertz CT molecular complexity index is 408. The van der Waals surface area contributed by atoms with Gasteiger partial charge in [0.05, 0.1) is 0 Å². The van der Waals surface area contributed by atoms with Crippen molar-refractivity contribution in [3.05, 3.63) is 30.1 Å². The highest BCUT2D eigenvalue weighted by Gasteiger charge is 2.25. The maximum absolute atomic E-state index is 12.2. The molecule has 4 heteroatoms. The van der Waals surface area contributed by atoms with E-state index >= 15 is 0 Å². The molecule has 104 valence electrons. The van der Waals surface area contributed by atoms with Crippen molar-refractivity contribution in [2.24, 2.45) is 5.92 Å². The molecular weight excluding hydrogens is 256 g/mol. The van der Waals surface area contributed by atoms with Crippen LogP contribution in [0.5, 0.6) is 0 Å². The van der Waals surface area contributed by atoms with E-state index in [2.05, 4.69) is 18.8 Å². The number of hydrogen-bond acceptors (Lipinski definition) is 3. The van der Waals surface area contributed by atoms with E-state index in [-0.39, 0.29) is 5.91 Å².